The minimum absolute atomic E-state index is 0.0733. The van der Waals surface area contributed by atoms with Gasteiger partial charge >= 0.3 is 0 Å². The van der Waals surface area contributed by atoms with Crippen molar-refractivity contribution in [3.8, 4) is 0 Å². The molecule has 0 radical (unpaired) electrons. The quantitative estimate of drug-likeness (QED) is 0.605. The van der Waals surface area contributed by atoms with Crippen molar-refractivity contribution in [2.75, 3.05) is 18.9 Å². The van der Waals surface area contributed by atoms with E-state index in [0.717, 1.165) is 13.1 Å². The highest BCUT2D eigenvalue weighted by Crippen LogP contribution is 2.17. The highest BCUT2D eigenvalue weighted by molar-refractivity contribution is 7.10. The van der Waals surface area contributed by atoms with E-state index in [1.165, 1.54) is 9.75 Å². The highest BCUT2D eigenvalue weighted by atomic mass is 32.1. The van der Waals surface area contributed by atoms with E-state index in [-0.39, 0.29) is 11.8 Å². The molecule has 0 fully saturated rings. The molecule has 2 heterocycles. The zero-order chi connectivity index (χ0) is 19.1. The van der Waals surface area contributed by atoms with Crippen LogP contribution in [0.1, 0.15) is 20.1 Å². The summed E-state index contributed by atoms with van der Waals surface area (Å²) in [5.41, 5.74) is 1.24. The van der Waals surface area contributed by atoms with E-state index in [1.807, 2.05) is 22.9 Å². The van der Waals surface area contributed by atoms with E-state index >= 15 is 0 Å². The number of carbonyl (C=O) groups excluding carboxylic acids is 2. The van der Waals surface area contributed by atoms with Gasteiger partial charge in [-0.1, -0.05) is 12.1 Å². The van der Waals surface area contributed by atoms with Crippen molar-refractivity contribution in [2.24, 2.45) is 0 Å². The Morgan fingerprint density at radius 3 is 2.00 bits per heavy atom. The van der Waals surface area contributed by atoms with Crippen molar-refractivity contribution in [1.82, 2.24) is 10.2 Å². The minimum atomic E-state index is -0.147. The Balaban J connectivity index is 1.62. The van der Waals surface area contributed by atoms with E-state index in [9.17, 15) is 9.59 Å². The smallest absolute Gasteiger partial charge is 0.251 e. The van der Waals surface area contributed by atoms with Crippen LogP contribution in [0.2, 0.25) is 0 Å². The number of amides is 2. The Labute approximate surface area is 166 Å². The molecule has 0 spiro atoms. The van der Waals surface area contributed by atoms with Crippen molar-refractivity contribution in [3.05, 3.63) is 74.6 Å². The van der Waals surface area contributed by atoms with Crippen molar-refractivity contribution in [2.45, 2.75) is 13.1 Å². The Bertz CT molecular complexity index is 823. The summed E-state index contributed by atoms with van der Waals surface area (Å²) in [6.07, 6.45) is 0. The number of thiophene rings is 2. The van der Waals surface area contributed by atoms with Crippen LogP contribution in [-0.2, 0) is 17.9 Å². The monoisotopic (exact) mass is 399 g/mol. The maximum atomic E-state index is 12.5. The number of benzene rings is 1. The zero-order valence-electron chi connectivity index (χ0n) is 15.0. The van der Waals surface area contributed by atoms with Gasteiger partial charge in [0.1, 0.15) is 0 Å². The van der Waals surface area contributed by atoms with Gasteiger partial charge in [0.25, 0.3) is 5.91 Å². The molecule has 0 saturated heterocycles. The average molecular weight is 400 g/mol. The van der Waals surface area contributed by atoms with Crippen LogP contribution in [0.3, 0.4) is 0 Å². The summed E-state index contributed by atoms with van der Waals surface area (Å²) < 4.78 is 0. The lowest BCUT2D eigenvalue weighted by Crippen LogP contribution is -2.32. The Kier molecular flexibility index (Phi) is 6.75. The molecular formula is C20H21N3O2S2. The molecule has 5 nitrogen and oxygen atoms in total. The van der Waals surface area contributed by atoms with Crippen molar-refractivity contribution < 1.29 is 9.59 Å². The average Bonchev–Trinajstić information content (AvgIpc) is 3.36. The van der Waals surface area contributed by atoms with Crippen LogP contribution in [0.5, 0.6) is 0 Å². The summed E-state index contributed by atoms with van der Waals surface area (Å²) in [5, 5.41) is 9.59. The normalized spacial score (nSPS) is 10.7. The topological polar surface area (TPSA) is 61.4 Å². The summed E-state index contributed by atoms with van der Waals surface area (Å²) in [4.78, 5) is 28.7. The molecule has 0 unspecified atom stereocenters. The van der Waals surface area contributed by atoms with Gasteiger partial charge in [-0.15, -0.1) is 22.7 Å². The molecule has 0 aliphatic heterocycles. The van der Waals surface area contributed by atoms with E-state index < -0.39 is 0 Å². The van der Waals surface area contributed by atoms with Gasteiger partial charge in [-0.25, -0.2) is 0 Å². The summed E-state index contributed by atoms with van der Waals surface area (Å²) in [7, 11) is 1.59. The number of anilines is 1. The number of nitrogens with zero attached hydrogens (tertiary/aromatic N) is 1. The van der Waals surface area contributed by atoms with Crippen LogP contribution in [0, 0.1) is 0 Å². The molecule has 0 bridgehead atoms. The first-order chi connectivity index (χ1) is 13.1. The predicted molar refractivity (Wildman–Crippen MR) is 111 cm³/mol. The molecule has 3 rings (SSSR count). The Morgan fingerprint density at radius 1 is 0.926 bits per heavy atom. The SMILES string of the molecule is CNC(=O)c1ccc(NC(=O)CN(Cc2cccs2)Cc2cccs2)cc1. The van der Waals surface area contributed by atoms with Crippen LogP contribution >= 0.6 is 22.7 Å². The molecule has 0 aliphatic carbocycles. The van der Waals surface area contributed by atoms with Crippen LogP contribution < -0.4 is 10.6 Å². The maximum absolute atomic E-state index is 12.5. The van der Waals surface area contributed by atoms with Crippen LogP contribution in [-0.4, -0.2) is 30.3 Å². The number of rotatable bonds is 8. The standard InChI is InChI=1S/C20H21N3O2S2/c1-21-20(25)15-6-8-16(9-7-15)22-19(24)14-23(12-17-4-2-10-26-17)13-18-5-3-11-27-18/h2-11H,12-14H2,1H3,(H,21,25)(H,22,24). The molecule has 27 heavy (non-hydrogen) atoms. The molecule has 2 N–H and O–H groups in total. The zero-order valence-corrected chi connectivity index (χ0v) is 16.6. The molecule has 140 valence electrons. The van der Waals surface area contributed by atoms with Crippen LogP contribution in [0.15, 0.2) is 59.3 Å². The second-order valence-electron chi connectivity index (χ2n) is 6.01. The molecule has 0 saturated carbocycles. The highest BCUT2D eigenvalue weighted by Gasteiger charge is 2.14. The third kappa shape index (κ3) is 5.75. The fourth-order valence-electron chi connectivity index (χ4n) is 2.67. The summed E-state index contributed by atoms with van der Waals surface area (Å²) in [6.45, 7) is 1.77. The lowest BCUT2D eigenvalue weighted by molar-refractivity contribution is -0.117. The van der Waals surface area contributed by atoms with E-state index in [4.69, 9.17) is 0 Å². The number of carbonyl (C=O) groups is 2. The van der Waals surface area contributed by atoms with Gasteiger partial charge in [0.2, 0.25) is 5.91 Å². The number of nitrogens with one attached hydrogen (secondary N) is 2. The first-order valence-electron chi connectivity index (χ1n) is 8.53. The minimum Gasteiger partial charge on any atom is -0.355 e. The van der Waals surface area contributed by atoms with Gasteiger partial charge in [0.05, 0.1) is 6.54 Å². The third-order valence-electron chi connectivity index (χ3n) is 3.94. The van der Waals surface area contributed by atoms with Crippen LogP contribution in [0.25, 0.3) is 0 Å². The first kappa shape index (κ1) is 19.3. The molecule has 1 aromatic carbocycles. The van der Waals surface area contributed by atoms with E-state index in [2.05, 4.69) is 27.7 Å². The fourth-order valence-corrected chi connectivity index (χ4v) is 4.16. The Hall–Kier alpha value is -2.48. The number of hydrogen-bond donors (Lipinski definition) is 2. The molecular weight excluding hydrogens is 378 g/mol. The number of hydrogen-bond acceptors (Lipinski definition) is 5. The molecule has 0 aliphatic rings. The third-order valence-corrected chi connectivity index (χ3v) is 5.67. The van der Waals surface area contributed by atoms with Crippen molar-refractivity contribution >= 4 is 40.2 Å². The Morgan fingerprint density at radius 2 is 1.52 bits per heavy atom. The molecule has 2 amide bonds. The largest absolute Gasteiger partial charge is 0.355 e. The molecule has 2 aromatic heterocycles. The lowest BCUT2D eigenvalue weighted by atomic mass is 10.2. The van der Waals surface area contributed by atoms with Gasteiger partial charge in [-0.05, 0) is 47.2 Å². The second kappa shape index (κ2) is 9.45. The van der Waals surface area contributed by atoms with Gasteiger partial charge in [0, 0.05) is 41.1 Å². The van der Waals surface area contributed by atoms with Crippen molar-refractivity contribution in [3.63, 3.8) is 0 Å². The van der Waals surface area contributed by atoms with Crippen LogP contribution in [0.4, 0.5) is 5.69 Å². The fraction of sp³-hybridized carbons (Fsp3) is 0.200. The maximum Gasteiger partial charge on any atom is 0.251 e. The molecule has 3 aromatic rings. The van der Waals surface area contributed by atoms with E-state index in [1.54, 1.807) is 54.0 Å². The lowest BCUT2D eigenvalue weighted by Gasteiger charge is -2.20. The molecule has 7 heteroatoms. The van der Waals surface area contributed by atoms with Crippen molar-refractivity contribution in [1.29, 1.82) is 0 Å². The first-order valence-corrected chi connectivity index (χ1v) is 10.3. The van der Waals surface area contributed by atoms with Gasteiger partial charge in [0.15, 0.2) is 0 Å². The van der Waals surface area contributed by atoms with Gasteiger partial charge in [-0.2, -0.15) is 0 Å². The van der Waals surface area contributed by atoms with Gasteiger partial charge < -0.3 is 10.6 Å². The summed E-state index contributed by atoms with van der Waals surface area (Å²) in [5.74, 6) is -0.221. The van der Waals surface area contributed by atoms with Gasteiger partial charge in [-0.3, -0.25) is 14.5 Å². The summed E-state index contributed by atoms with van der Waals surface area (Å²) in [6, 6.07) is 15.1. The summed E-state index contributed by atoms with van der Waals surface area (Å²) >= 11 is 3.39. The predicted octanol–water partition coefficient (Wildman–Crippen LogP) is 3.81. The second-order valence-corrected chi connectivity index (χ2v) is 8.07. The molecule has 0 atom stereocenters. The van der Waals surface area contributed by atoms with E-state index in [0.29, 0.717) is 17.8 Å².